The standard InChI is InChI=1S/C17H15N3O/c1-21-17-11-13(12-19)7-8-16(17)20-15(9-10-18)14-5-3-2-4-6-14/h2-8,11,15,20H,9H2,1H3. The second kappa shape index (κ2) is 6.98. The van der Waals surface area contributed by atoms with E-state index in [1.807, 2.05) is 30.3 Å². The van der Waals surface area contributed by atoms with Gasteiger partial charge in [-0.25, -0.2) is 0 Å². The van der Waals surface area contributed by atoms with Gasteiger partial charge in [-0.2, -0.15) is 10.5 Å². The van der Waals surface area contributed by atoms with Gasteiger partial charge in [-0.3, -0.25) is 0 Å². The SMILES string of the molecule is COc1cc(C#N)ccc1NC(CC#N)c1ccccc1. The maximum atomic E-state index is 9.02. The van der Waals surface area contributed by atoms with Crippen molar-refractivity contribution >= 4 is 5.69 Å². The second-order valence-corrected chi connectivity index (χ2v) is 4.50. The quantitative estimate of drug-likeness (QED) is 0.906. The lowest BCUT2D eigenvalue weighted by atomic mass is 10.0. The molecular weight excluding hydrogens is 262 g/mol. The fraction of sp³-hybridized carbons (Fsp3) is 0.176. The van der Waals surface area contributed by atoms with Gasteiger partial charge in [0.05, 0.1) is 43.0 Å². The van der Waals surface area contributed by atoms with Crippen LogP contribution in [0.25, 0.3) is 0 Å². The third-order valence-corrected chi connectivity index (χ3v) is 3.16. The number of ether oxygens (including phenoxy) is 1. The summed E-state index contributed by atoms with van der Waals surface area (Å²) in [5, 5.41) is 21.3. The van der Waals surface area contributed by atoms with E-state index in [4.69, 9.17) is 15.3 Å². The summed E-state index contributed by atoms with van der Waals surface area (Å²) in [7, 11) is 1.56. The number of nitriles is 2. The average molecular weight is 277 g/mol. The van der Waals surface area contributed by atoms with E-state index < -0.39 is 0 Å². The fourth-order valence-electron chi connectivity index (χ4n) is 2.10. The van der Waals surface area contributed by atoms with Crippen LogP contribution in [0.15, 0.2) is 48.5 Å². The molecule has 4 nitrogen and oxygen atoms in total. The van der Waals surface area contributed by atoms with Crippen molar-refractivity contribution in [3.8, 4) is 17.9 Å². The van der Waals surface area contributed by atoms with Crippen molar-refractivity contribution in [3.05, 3.63) is 59.7 Å². The van der Waals surface area contributed by atoms with Gasteiger partial charge in [0.15, 0.2) is 0 Å². The molecule has 0 saturated carbocycles. The van der Waals surface area contributed by atoms with Crippen molar-refractivity contribution in [2.75, 3.05) is 12.4 Å². The number of nitrogens with zero attached hydrogens (tertiary/aromatic N) is 2. The molecule has 0 amide bonds. The van der Waals surface area contributed by atoms with E-state index in [9.17, 15) is 0 Å². The van der Waals surface area contributed by atoms with Crippen molar-refractivity contribution in [3.63, 3.8) is 0 Å². The third-order valence-electron chi connectivity index (χ3n) is 3.16. The molecule has 0 saturated heterocycles. The Morgan fingerprint density at radius 1 is 1.14 bits per heavy atom. The highest BCUT2D eigenvalue weighted by molar-refractivity contribution is 5.60. The second-order valence-electron chi connectivity index (χ2n) is 4.50. The van der Waals surface area contributed by atoms with Gasteiger partial charge >= 0.3 is 0 Å². The molecule has 0 bridgehead atoms. The molecule has 0 radical (unpaired) electrons. The van der Waals surface area contributed by atoms with E-state index in [2.05, 4.69) is 17.5 Å². The van der Waals surface area contributed by atoms with Crippen molar-refractivity contribution in [1.29, 1.82) is 10.5 Å². The van der Waals surface area contributed by atoms with E-state index in [-0.39, 0.29) is 6.04 Å². The Morgan fingerprint density at radius 2 is 1.90 bits per heavy atom. The number of rotatable bonds is 5. The van der Waals surface area contributed by atoms with Crippen LogP contribution in [-0.4, -0.2) is 7.11 Å². The maximum Gasteiger partial charge on any atom is 0.143 e. The molecule has 21 heavy (non-hydrogen) atoms. The van der Waals surface area contributed by atoms with Crippen LogP contribution in [0.1, 0.15) is 23.6 Å². The molecule has 1 unspecified atom stereocenters. The lowest BCUT2D eigenvalue weighted by Crippen LogP contribution is -2.11. The minimum atomic E-state index is -0.127. The average Bonchev–Trinajstić information content (AvgIpc) is 2.55. The molecular formula is C17H15N3O. The third kappa shape index (κ3) is 3.52. The molecule has 0 heterocycles. The fourth-order valence-corrected chi connectivity index (χ4v) is 2.10. The van der Waals surface area contributed by atoms with Gasteiger partial charge in [0, 0.05) is 6.07 Å². The first kappa shape index (κ1) is 14.4. The van der Waals surface area contributed by atoms with Crippen molar-refractivity contribution in [2.24, 2.45) is 0 Å². The summed E-state index contributed by atoms with van der Waals surface area (Å²) in [4.78, 5) is 0. The highest BCUT2D eigenvalue weighted by atomic mass is 16.5. The van der Waals surface area contributed by atoms with Gasteiger partial charge in [0.2, 0.25) is 0 Å². The van der Waals surface area contributed by atoms with Crippen LogP contribution in [0.5, 0.6) is 5.75 Å². The smallest absolute Gasteiger partial charge is 0.143 e. The normalized spacial score (nSPS) is 11.0. The van der Waals surface area contributed by atoms with Gasteiger partial charge in [-0.05, 0) is 17.7 Å². The van der Waals surface area contributed by atoms with E-state index in [1.54, 1.807) is 25.3 Å². The van der Waals surface area contributed by atoms with Crippen LogP contribution in [-0.2, 0) is 0 Å². The number of methoxy groups -OCH3 is 1. The highest BCUT2D eigenvalue weighted by Crippen LogP contribution is 2.30. The molecule has 1 N–H and O–H groups in total. The molecule has 0 aliphatic heterocycles. The maximum absolute atomic E-state index is 9.02. The summed E-state index contributed by atoms with van der Waals surface area (Å²) in [6, 6.07) is 19.1. The molecule has 2 aromatic rings. The number of benzene rings is 2. The molecule has 0 fully saturated rings. The van der Waals surface area contributed by atoms with E-state index in [0.29, 0.717) is 17.7 Å². The van der Waals surface area contributed by atoms with Gasteiger partial charge in [0.1, 0.15) is 5.75 Å². The zero-order valence-corrected chi connectivity index (χ0v) is 11.7. The van der Waals surface area contributed by atoms with Crippen LogP contribution in [0.2, 0.25) is 0 Å². The first-order valence-corrected chi connectivity index (χ1v) is 6.55. The number of hydrogen-bond acceptors (Lipinski definition) is 4. The number of nitrogens with one attached hydrogen (secondary N) is 1. The van der Waals surface area contributed by atoms with Crippen LogP contribution in [0.4, 0.5) is 5.69 Å². The Morgan fingerprint density at radius 3 is 2.52 bits per heavy atom. The Kier molecular flexibility index (Phi) is 4.79. The first-order chi connectivity index (χ1) is 10.3. The van der Waals surface area contributed by atoms with E-state index >= 15 is 0 Å². The number of hydrogen-bond donors (Lipinski definition) is 1. The summed E-state index contributed by atoms with van der Waals surface area (Å²) in [5.74, 6) is 0.591. The topological polar surface area (TPSA) is 68.8 Å². The largest absolute Gasteiger partial charge is 0.495 e. The minimum Gasteiger partial charge on any atom is -0.495 e. The molecule has 104 valence electrons. The minimum absolute atomic E-state index is 0.127. The summed E-state index contributed by atoms with van der Waals surface area (Å²) in [6.07, 6.45) is 0.340. The van der Waals surface area contributed by atoms with Crippen LogP contribution in [0, 0.1) is 22.7 Å². The summed E-state index contributed by atoms with van der Waals surface area (Å²) in [6.45, 7) is 0. The summed E-state index contributed by atoms with van der Waals surface area (Å²) in [5.41, 5.74) is 2.33. The molecule has 0 aliphatic carbocycles. The van der Waals surface area contributed by atoms with Gasteiger partial charge in [0.25, 0.3) is 0 Å². The molecule has 0 aliphatic rings. The lowest BCUT2D eigenvalue weighted by molar-refractivity contribution is 0.416. The number of anilines is 1. The van der Waals surface area contributed by atoms with Crippen molar-refractivity contribution < 1.29 is 4.74 Å². The Hall–Kier alpha value is -2.98. The zero-order valence-electron chi connectivity index (χ0n) is 11.7. The highest BCUT2D eigenvalue weighted by Gasteiger charge is 2.13. The van der Waals surface area contributed by atoms with Crippen LogP contribution < -0.4 is 10.1 Å². The summed E-state index contributed by atoms with van der Waals surface area (Å²) >= 11 is 0. The van der Waals surface area contributed by atoms with Gasteiger partial charge in [-0.15, -0.1) is 0 Å². The van der Waals surface area contributed by atoms with Gasteiger partial charge in [-0.1, -0.05) is 30.3 Å². The Balaban J connectivity index is 2.30. The van der Waals surface area contributed by atoms with Crippen LogP contribution in [0.3, 0.4) is 0 Å². The molecule has 4 heteroatoms. The van der Waals surface area contributed by atoms with E-state index in [1.165, 1.54) is 0 Å². The lowest BCUT2D eigenvalue weighted by Gasteiger charge is -2.19. The molecule has 2 aromatic carbocycles. The van der Waals surface area contributed by atoms with Crippen LogP contribution >= 0.6 is 0 Å². The predicted molar refractivity (Wildman–Crippen MR) is 80.7 cm³/mol. The molecule has 0 aromatic heterocycles. The zero-order chi connectivity index (χ0) is 15.1. The van der Waals surface area contributed by atoms with E-state index in [0.717, 1.165) is 11.3 Å². The Labute approximate surface area is 124 Å². The monoisotopic (exact) mass is 277 g/mol. The Bertz CT molecular complexity index is 683. The molecule has 1 atom stereocenters. The van der Waals surface area contributed by atoms with Gasteiger partial charge < -0.3 is 10.1 Å². The molecule has 2 rings (SSSR count). The van der Waals surface area contributed by atoms with Crippen molar-refractivity contribution in [2.45, 2.75) is 12.5 Å². The summed E-state index contributed by atoms with van der Waals surface area (Å²) < 4.78 is 5.31. The first-order valence-electron chi connectivity index (χ1n) is 6.55. The molecule has 0 spiro atoms. The van der Waals surface area contributed by atoms with Crippen molar-refractivity contribution in [1.82, 2.24) is 0 Å². The predicted octanol–water partition coefficient (Wildman–Crippen LogP) is 3.63.